The topological polar surface area (TPSA) is 58.4 Å². The highest BCUT2D eigenvalue weighted by atomic mass is 35.5. The van der Waals surface area contributed by atoms with Crippen molar-refractivity contribution >= 4 is 22.4 Å². The molecule has 1 N–H and O–H groups in total. The molecule has 3 heterocycles. The van der Waals surface area contributed by atoms with Gasteiger partial charge in [0.05, 0.1) is 18.0 Å². The minimum Gasteiger partial charge on any atom is -0.390 e. The molecule has 1 atom stereocenters. The molecule has 0 amide bonds. The molecule has 146 valence electrons. The predicted molar refractivity (Wildman–Crippen MR) is 112 cm³/mol. The molecule has 0 saturated heterocycles. The van der Waals surface area contributed by atoms with Crippen LogP contribution in [0.3, 0.4) is 0 Å². The fourth-order valence-electron chi connectivity index (χ4n) is 4.04. The molecular weight excluding hydrogens is 374 g/mol. The van der Waals surface area contributed by atoms with Crippen LogP contribution in [0.4, 0.5) is 0 Å². The second-order valence-corrected chi connectivity index (χ2v) is 7.81. The Morgan fingerprint density at radius 1 is 1.21 bits per heavy atom. The zero-order chi connectivity index (χ0) is 19.7. The van der Waals surface area contributed by atoms with Crippen LogP contribution in [0.25, 0.3) is 10.8 Å². The number of nitrogens with zero attached hydrogens (tertiary/aromatic N) is 3. The average Bonchev–Trinajstić information content (AvgIpc) is 2.70. The van der Waals surface area contributed by atoms with Gasteiger partial charge in [-0.2, -0.15) is 0 Å². The van der Waals surface area contributed by atoms with Crippen LogP contribution in [-0.4, -0.2) is 38.8 Å². The SMILES string of the molecule is CCc1cn(CC(O)CN2CCc3ccccc3C2)c(=O)c2cc(Cl)ncc12. The second-order valence-electron chi connectivity index (χ2n) is 7.43. The summed E-state index contributed by atoms with van der Waals surface area (Å²) in [6, 6.07) is 10.1. The Hall–Kier alpha value is -2.21. The number of aliphatic hydroxyl groups is 1. The minimum atomic E-state index is -0.623. The van der Waals surface area contributed by atoms with E-state index in [1.54, 1.807) is 16.8 Å². The van der Waals surface area contributed by atoms with Gasteiger partial charge < -0.3 is 9.67 Å². The molecule has 4 rings (SSSR count). The summed E-state index contributed by atoms with van der Waals surface area (Å²) in [6.07, 6.45) is 4.64. The zero-order valence-electron chi connectivity index (χ0n) is 15.9. The average molecular weight is 398 g/mol. The normalized spacial score (nSPS) is 15.5. The highest BCUT2D eigenvalue weighted by Gasteiger charge is 2.19. The number of halogens is 1. The first-order valence-electron chi connectivity index (χ1n) is 9.70. The first-order chi connectivity index (χ1) is 13.5. The molecule has 3 aromatic rings. The number of hydrogen-bond donors (Lipinski definition) is 1. The molecule has 28 heavy (non-hydrogen) atoms. The van der Waals surface area contributed by atoms with Gasteiger partial charge in [-0.1, -0.05) is 42.8 Å². The van der Waals surface area contributed by atoms with Crippen molar-refractivity contribution < 1.29 is 5.11 Å². The predicted octanol–water partition coefficient (Wildman–Crippen LogP) is 3.03. The second kappa shape index (κ2) is 8.03. The summed E-state index contributed by atoms with van der Waals surface area (Å²) >= 11 is 6.00. The lowest BCUT2D eigenvalue weighted by Gasteiger charge is -2.30. The van der Waals surface area contributed by atoms with Gasteiger partial charge in [0.25, 0.3) is 5.56 Å². The molecular formula is C22H24ClN3O2. The van der Waals surface area contributed by atoms with Crippen LogP contribution in [0, 0.1) is 0 Å². The van der Waals surface area contributed by atoms with Crippen LogP contribution in [0.1, 0.15) is 23.6 Å². The maximum Gasteiger partial charge on any atom is 0.258 e. The summed E-state index contributed by atoms with van der Waals surface area (Å²) in [5.74, 6) is 0. The Balaban J connectivity index is 1.53. The van der Waals surface area contributed by atoms with Gasteiger partial charge in [-0.05, 0) is 35.6 Å². The summed E-state index contributed by atoms with van der Waals surface area (Å²) in [7, 11) is 0. The van der Waals surface area contributed by atoms with Crippen LogP contribution in [0.15, 0.2) is 47.5 Å². The van der Waals surface area contributed by atoms with Crippen LogP contribution >= 0.6 is 11.6 Å². The van der Waals surface area contributed by atoms with Gasteiger partial charge in [0, 0.05) is 37.4 Å². The van der Waals surface area contributed by atoms with E-state index in [0.29, 0.717) is 17.1 Å². The number of aryl methyl sites for hydroxylation is 1. The van der Waals surface area contributed by atoms with Gasteiger partial charge in [-0.3, -0.25) is 9.69 Å². The molecule has 0 spiro atoms. The smallest absolute Gasteiger partial charge is 0.258 e. The van der Waals surface area contributed by atoms with Crippen molar-refractivity contribution in [3.05, 3.63) is 74.9 Å². The van der Waals surface area contributed by atoms with E-state index in [9.17, 15) is 9.90 Å². The third kappa shape index (κ3) is 3.83. The highest BCUT2D eigenvalue weighted by Crippen LogP contribution is 2.20. The van der Waals surface area contributed by atoms with Gasteiger partial charge in [0.2, 0.25) is 0 Å². The Morgan fingerprint density at radius 3 is 2.79 bits per heavy atom. The maximum absolute atomic E-state index is 12.9. The lowest BCUT2D eigenvalue weighted by Crippen LogP contribution is -2.39. The van der Waals surface area contributed by atoms with Crippen molar-refractivity contribution in [3.8, 4) is 0 Å². The van der Waals surface area contributed by atoms with Crippen molar-refractivity contribution in [1.82, 2.24) is 14.5 Å². The third-order valence-corrected chi connectivity index (χ3v) is 5.69. The Labute approximate surface area is 169 Å². The number of pyridine rings is 2. The molecule has 1 aromatic carbocycles. The van der Waals surface area contributed by atoms with Crippen LogP contribution < -0.4 is 5.56 Å². The maximum atomic E-state index is 12.9. The number of rotatable bonds is 5. The van der Waals surface area contributed by atoms with Gasteiger partial charge in [0.15, 0.2) is 0 Å². The van der Waals surface area contributed by atoms with E-state index in [0.717, 1.165) is 36.9 Å². The van der Waals surface area contributed by atoms with E-state index in [4.69, 9.17) is 11.6 Å². The summed E-state index contributed by atoms with van der Waals surface area (Å²) in [5, 5.41) is 12.4. The third-order valence-electron chi connectivity index (χ3n) is 5.49. The van der Waals surface area contributed by atoms with Crippen molar-refractivity contribution in [3.63, 3.8) is 0 Å². The monoisotopic (exact) mass is 397 g/mol. The Bertz CT molecular complexity index is 1060. The molecule has 0 fully saturated rings. The van der Waals surface area contributed by atoms with E-state index in [2.05, 4.69) is 34.1 Å². The lowest BCUT2D eigenvalue weighted by atomic mass is 10.00. The van der Waals surface area contributed by atoms with Crippen molar-refractivity contribution in [1.29, 1.82) is 0 Å². The van der Waals surface area contributed by atoms with Crippen LogP contribution in [0.2, 0.25) is 5.15 Å². The van der Waals surface area contributed by atoms with E-state index in [1.807, 2.05) is 13.1 Å². The Morgan fingerprint density at radius 2 is 2.00 bits per heavy atom. The molecule has 6 heteroatoms. The molecule has 1 aliphatic heterocycles. The Kier molecular flexibility index (Phi) is 5.49. The van der Waals surface area contributed by atoms with Gasteiger partial charge in [0.1, 0.15) is 5.15 Å². The fourth-order valence-corrected chi connectivity index (χ4v) is 4.20. The number of aliphatic hydroxyl groups excluding tert-OH is 1. The first-order valence-corrected chi connectivity index (χ1v) is 10.1. The summed E-state index contributed by atoms with van der Waals surface area (Å²) in [5.41, 5.74) is 3.59. The van der Waals surface area contributed by atoms with E-state index in [-0.39, 0.29) is 12.1 Å². The van der Waals surface area contributed by atoms with Crippen LogP contribution in [0.5, 0.6) is 0 Å². The molecule has 0 bridgehead atoms. The molecule has 0 saturated carbocycles. The quantitative estimate of drug-likeness (QED) is 0.672. The molecule has 1 aliphatic rings. The van der Waals surface area contributed by atoms with Crippen LogP contribution in [-0.2, 0) is 25.9 Å². The van der Waals surface area contributed by atoms with Crippen molar-refractivity contribution in [2.75, 3.05) is 13.1 Å². The molecule has 0 aliphatic carbocycles. The highest BCUT2D eigenvalue weighted by molar-refractivity contribution is 6.30. The zero-order valence-corrected chi connectivity index (χ0v) is 16.7. The van der Waals surface area contributed by atoms with Gasteiger partial charge in [-0.25, -0.2) is 4.98 Å². The van der Waals surface area contributed by atoms with Crippen molar-refractivity contribution in [2.24, 2.45) is 0 Å². The molecule has 2 aromatic heterocycles. The fraction of sp³-hybridized carbons (Fsp3) is 0.364. The molecule has 1 unspecified atom stereocenters. The molecule has 5 nitrogen and oxygen atoms in total. The summed E-state index contributed by atoms with van der Waals surface area (Å²) in [6.45, 7) is 4.60. The standard InChI is InChI=1S/C22H24ClN3O2/c1-2-15-12-26(22(28)19-9-21(23)24-10-20(15)19)14-18(27)13-25-8-7-16-5-3-4-6-17(16)11-25/h3-6,9-10,12,18,27H,2,7-8,11,13-14H2,1H3. The van der Waals surface area contributed by atoms with Gasteiger partial charge in [-0.15, -0.1) is 0 Å². The van der Waals surface area contributed by atoms with E-state index < -0.39 is 6.10 Å². The first kappa shape index (κ1) is 19.1. The molecule has 0 radical (unpaired) electrons. The lowest BCUT2D eigenvalue weighted by molar-refractivity contribution is 0.0910. The summed E-state index contributed by atoms with van der Waals surface area (Å²) < 4.78 is 1.61. The largest absolute Gasteiger partial charge is 0.390 e. The minimum absolute atomic E-state index is 0.139. The summed E-state index contributed by atoms with van der Waals surface area (Å²) in [4.78, 5) is 19.2. The number of hydrogen-bond acceptors (Lipinski definition) is 4. The van der Waals surface area contributed by atoms with E-state index >= 15 is 0 Å². The number of aromatic nitrogens is 2. The number of benzene rings is 1. The van der Waals surface area contributed by atoms with Gasteiger partial charge >= 0.3 is 0 Å². The van der Waals surface area contributed by atoms with Crippen molar-refractivity contribution in [2.45, 2.75) is 39.0 Å². The number of fused-ring (bicyclic) bond motifs is 2. The number of β-amino-alcohol motifs (C(OH)–C–C–N with tert-alkyl or cyclic N) is 1. The van der Waals surface area contributed by atoms with E-state index in [1.165, 1.54) is 11.1 Å².